The van der Waals surface area contributed by atoms with Gasteiger partial charge in [-0.2, -0.15) is 0 Å². The van der Waals surface area contributed by atoms with Crippen LogP contribution in [0.1, 0.15) is 39.5 Å². The third-order valence-corrected chi connectivity index (χ3v) is 1.67. The lowest BCUT2D eigenvalue weighted by molar-refractivity contribution is -0.117. The van der Waals surface area contributed by atoms with Crippen molar-refractivity contribution in [1.29, 1.82) is 0 Å². The van der Waals surface area contributed by atoms with Crippen molar-refractivity contribution < 1.29 is 9.59 Å². The number of hydrogen-bond donors (Lipinski definition) is 0. The first-order valence-electron chi connectivity index (χ1n) is 4.11. The van der Waals surface area contributed by atoms with Gasteiger partial charge in [0.25, 0.3) is 0 Å². The molecule has 0 aliphatic carbocycles. The SMILES string of the molecule is CC(=O)CCCCC(C)C=O. The van der Waals surface area contributed by atoms with E-state index in [1.165, 1.54) is 0 Å². The van der Waals surface area contributed by atoms with Gasteiger partial charge in [0.15, 0.2) is 0 Å². The zero-order chi connectivity index (χ0) is 8.69. The van der Waals surface area contributed by atoms with E-state index in [1.807, 2.05) is 6.92 Å². The number of Topliss-reactive ketones (excluding diaryl/α,β-unsaturated/α-hetero) is 1. The van der Waals surface area contributed by atoms with Crippen molar-refractivity contribution in [2.75, 3.05) is 0 Å². The summed E-state index contributed by atoms with van der Waals surface area (Å²) in [5.41, 5.74) is 0. The lowest BCUT2D eigenvalue weighted by Crippen LogP contribution is -1.96. The van der Waals surface area contributed by atoms with Crippen LogP contribution in [0.2, 0.25) is 0 Å². The van der Waals surface area contributed by atoms with E-state index in [9.17, 15) is 9.59 Å². The molecule has 0 aliphatic heterocycles. The predicted molar refractivity (Wildman–Crippen MR) is 44.4 cm³/mol. The highest BCUT2D eigenvalue weighted by atomic mass is 16.1. The highest BCUT2D eigenvalue weighted by Crippen LogP contribution is 2.06. The molecule has 0 saturated heterocycles. The summed E-state index contributed by atoms with van der Waals surface area (Å²) in [7, 11) is 0. The maximum absolute atomic E-state index is 10.5. The Morgan fingerprint density at radius 1 is 1.45 bits per heavy atom. The molecule has 0 fully saturated rings. The minimum Gasteiger partial charge on any atom is -0.303 e. The van der Waals surface area contributed by atoms with E-state index in [0.29, 0.717) is 6.42 Å². The molecule has 0 radical (unpaired) electrons. The Bertz CT molecular complexity index is 130. The molecule has 0 N–H and O–H groups in total. The highest BCUT2D eigenvalue weighted by Gasteiger charge is 1.99. The molecule has 1 unspecified atom stereocenters. The fraction of sp³-hybridized carbons (Fsp3) is 0.778. The van der Waals surface area contributed by atoms with Gasteiger partial charge in [0, 0.05) is 12.3 Å². The van der Waals surface area contributed by atoms with Crippen LogP contribution in [-0.2, 0) is 9.59 Å². The van der Waals surface area contributed by atoms with Gasteiger partial charge < -0.3 is 9.59 Å². The Kier molecular flexibility index (Phi) is 5.71. The van der Waals surface area contributed by atoms with E-state index >= 15 is 0 Å². The monoisotopic (exact) mass is 156 g/mol. The first-order chi connectivity index (χ1) is 5.16. The molecule has 1 atom stereocenters. The Labute approximate surface area is 68.0 Å². The van der Waals surface area contributed by atoms with Gasteiger partial charge in [-0.05, 0) is 19.8 Å². The highest BCUT2D eigenvalue weighted by molar-refractivity contribution is 5.75. The summed E-state index contributed by atoms with van der Waals surface area (Å²) in [6.07, 6.45) is 4.45. The van der Waals surface area contributed by atoms with E-state index in [1.54, 1.807) is 6.92 Å². The average molecular weight is 156 g/mol. The van der Waals surface area contributed by atoms with E-state index in [4.69, 9.17) is 0 Å². The van der Waals surface area contributed by atoms with E-state index in [0.717, 1.165) is 25.5 Å². The lowest BCUT2D eigenvalue weighted by Gasteiger charge is -2.00. The van der Waals surface area contributed by atoms with Crippen molar-refractivity contribution in [3.8, 4) is 0 Å². The molecular weight excluding hydrogens is 140 g/mol. The normalized spacial score (nSPS) is 12.5. The quantitative estimate of drug-likeness (QED) is 0.435. The minimum atomic E-state index is 0.155. The predicted octanol–water partition coefficient (Wildman–Crippen LogP) is 1.97. The summed E-state index contributed by atoms with van der Waals surface area (Å²) < 4.78 is 0. The van der Waals surface area contributed by atoms with Crippen LogP contribution in [0.3, 0.4) is 0 Å². The van der Waals surface area contributed by atoms with Crippen LogP contribution in [0, 0.1) is 5.92 Å². The second-order valence-corrected chi connectivity index (χ2v) is 3.06. The topological polar surface area (TPSA) is 34.1 Å². The summed E-state index contributed by atoms with van der Waals surface area (Å²) >= 11 is 0. The van der Waals surface area contributed by atoms with Crippen molar-refractivity contribution >= 4 is 12.1 Å². The zero-order valence-corrected chi connectivity index (χ0v) is 7.30. The fourth-order valence-corrected chi connectivity index (χ4v) is 0.908. The Balaban J connectivity index is 3.14. The number of hydrogen-bond acceptors (Lipinski definition) is 2. The smallest absolute Gasteiger partial charge is 0.129 e. The summed E-state index contributed by atoms with van der Waals surface area (Å²) in [5, 5.41) is 0. The van der Waals surface area contributed by atoms with Crippen molar-refractivity contribution in [2.24, 2.45) is 5.92 Å². The first-order valence-corrected chi connectivity index (χ1v) is 4.11. The average Bonchev–Trinajstić information content (AvgIpc) is 1.97. The minimum absolute atomic E-state index is 0.155. The summed E-state index contributed by atoms with van der Waals surface area (Å²) in [5.74, 6) is 0.394. The number of ketones is 1. The van der Waals surface area contributed by atoms with Crippen LogP contribution in [0.15, 0.2) is 0 Å². The molecule has 64 valence electrons. The van der Waals surface area contributed by atoms with Gasteiger partial charge in [-0.3, -0.25) is 0 Å². The largest absolute Gasteiger partial charge is 0.303 e. The second kappa shape index (κ2) is 6.08. The molecule has 0 amide bonds. The molecule has 0 spiro atoms. The molecule has 0 aromatic rings. The number of carbonyl (C=O) groups excluding carboxylic acids is 2. The van der Waals surface area contributed by atoms with Crippen molar-refractivity contribution in [3.63, 3.8) is 0 Å². The molecule has 11 heavy (non-hydrogen) atoms. The molecule has 0 bridgehead atoms. The van der Waals surface area contributed by atoms with Crippen molar-refractivity contribution in [3.05, 3.63) is 0 Å². The van der Waals surface area contributed by atoms with Crippen molar-refractivity contribution in [2.45, 2.75) is 39.5 Å². The number of aldehydes is 1. The number of unbranched alkanes of at least 4 members (excludes halogenated alkanes) is 1. The molecular formula is C9H16O2. The number of carbonyl (C=O) groups is 2. The van der Waals surface area contributed by atoms with Crippen LogP contribution >= 0.6 is 0 Å². The van der Waals surface area contributed by atoms with Crippen molar-refractivity contribution in [1.82, 2.24) is 0 Å². The molecule has 2 nitrogen and oxygen atoms in total. The Hall–Kier alpha value is -0.660. The second-order valence-electron chi connectivity index (χ2n) is 3.06. The van der Waals surface area contributed by atoms with Gasteiger partial charge in [-0.25, -0.2) is 0 Å². The zero-order valence-electron chi connectivity index (χ0n) is 7.30. The molecule has 0 aliphatic rings. The molecule has 0 aromatic heterocycles. The Morgan fingerprint density at radius 3 is 2.55 bits per heavy atom. The van der Waals surface area contributed by atoms with Crippen LogP contribution < -0.4 is 0 Å². The van der Waals surface area contributed by atoms with E-state index in [-0.39, 0.29) is 11.7 Å². The van der Waals surface area contributed by atoms with Crippen LogP contribution in [0.25, 0.3) is 0 Å². The van der Waals surface area contributed by atoms with Crippen LogP contribution in [0.5, 0.6) is 0 Å². The lowest BCUT2D eigenvalue weighted by atomic mass is 10.0. The fourth-order valence-electron chi connectivity index (χ4n) is 0.908. The molecule has 0 rings (SSSR count). The van der Waals surface area contributed by atoms with Gasteiger partial charge in [-0.1, -0.05) is 13.3 Å². The summed E-state index contributed by atoms with van der Waals surface area (Å²) in [6, 6.07) is 0. The molecule has 2 heteroatoms. The standard InChI is InChI=1S/C9H16O2/c1-8(7-10)5-3-4-6-9(2)11/h7-8H,3-6H2,1-2H3. The summed E-state index contributed by atoms with van der Waals surface area (Å²) in [4.78, 5) is 20.7. The van der Waals surface area contributed by atoms with Gasteiger partial charge in [0.05, 0.1) is 0 Å². The number of rotatable bonds is 6. The molecule has 0 heterocycles. The summed E-state index contributed by atoms with van der Waals surface area (Å²) in [6.45, 7) is 3.50. The first kappa shape index (κ1) is 10.3. The van der Waals surface area contributed by atoms with Gasteiger partial charge in [0.1, 0.15) is 12.1 Å². The molecule has 0 aromatic carbocycles. The van der Waals surface area contributed by atoms with Crippen LogP contribution in [0.4, 0.5) is 0 Å². The van der Waals surface area contributed by atoms with Crippen LogP contribution in [-0.4, -0.2) is 12.1 Å². The van der Waals surface area contributed by atoms with Gasteiger partial charge in [-0.15, -0.1) is 0 Å². The maximum atomic E-state index is 10.5. The maximum Gasteiger partial charge on any atom is 0.129 e. The van der Waals surface area contributed by atoms with Gasteiger partial charge >= 0.3 is 0 Å². The third-order valence-electron chi connectivity index (χ3n) is 1.67. The van der Waals surface area contributed by atoms with E-state index in [2.05, 4.69) is 0 Å². The third kappa shape index (κ3) is 7.23. The Morgan fingerprint density at radius 2 is 2.09 bits per heavy atom. The van der Waals surface area contributed by atoms with Gasteiger partial charge in [0.2, 0.25) is 0 Å². The van der Waals surface area contributed by atoms with E-state index < -0.39 is 0 Å². The molecule has 0 saturated carbocycles.